The second kappa shape index (κ2) is 15.1. The minimum absolute atomic E-state index is 0.0815. The number of pyridine rings is 1. The molecule has 302 valence electrons. The highest BCUT2D eigenvalue weighted by Gasteiger charge is 2.27. The van der Waals surface area contributed by atoms with Gasteiger partial charge in [-0.05, 0) is 118 Å². The molecule has 4 nitrogen and oxygen atoms in total. The number of hydrogen-bond acceptors (Lipinski definition) is 3. The number of imidazole rings is 1. The lowest BCUT2D eigenvalue weighted by Gasteiger charge is -2.23. The first-order chi connectivity index (χ1) is 35.0. The van der Waals surface area contributed by atoms with Crippen molar-refractivity contribution in [1.82, 2.24) is 14.5 Å². The fraction of sp³-hybridized carbons (Fsp3) is 0.250. The van der Waals surface area contributed by atoms with Crippen LogP contribution < -0.4 is 0 Å². The minimum Gasteiger partial charge on any atom is -0.507 e. The number of para-hydroxylation sites is 1. The summed E-state index contributed by atoms with van der Waals surface area (Å²) in [6.07, 6.45) is -0.725. The fourth-order valence-electron chi connectivity index (χ4n) is 7.53. The third-order valence-electron chi connectivity index (χ3n) is 10.7. The first-order valence-corrected chi connectivity index (χ1v) is 19.8. The lowest BCUT2D eigenvalue weighted by Crippen LogP contribution is -2.12. The van der Waals surface area contributed by atoms with E-state index in [1.165, 1.54) is 0 Å². The molecule has 0 aliphatic rings. The fourth-order valence-corrected chi connectivity index (χ4v) is 7.53. The number of nitrogens with zero attached hydrogens (tertiary/aromatic N) is 3. The molecule has 6 aromatic carbocycles. The minimum atomic E-state index is -3.92. The average molecular weight is 804 g/mol. The largest absolute Gasteiger partial charge is 0.507 e. The SMILES string of the molecule is [2H]c1nc(-c2cc(-c3cccc4c3nc(-c3cc(C)cc(C(C)(C)C)c3O)n4-c3ccc(C)cc3-c3ccccc3)cc(C(C)(C)C)c2)c([2H])c(-c2c([2H])c([2H])c(C(C([2H])([2H])[2H])(C([2H])([2H])[2H])C([2H])([2H])[2H])c([2H])c2[2H])c1[2H]. The van der Waals surface area contributed by atoms with Gasteiger partial charge in [0.2, 0.25) is 0 Å². The molecule has 4 heteroatoms. The van der Waals surface area contributed by atoms with Crippen molar-refractivity contribution in [3.63, 3.8) is 0 Å². The molecule has 60 heavy (non-hydrogen) atoms. The number of hydrogen-bond donors (Lipinski definition) is 1. The molecular formula is C56H57N3O. The Morgan fingerprint density at radius 1 is 0.583 bits per heavy atom. The summed E-state index contributed by atoms with van der Waals surface area (Å²) in [5.74, 6) is 0.546. The Kier molecular flexibility index (Phi) is 6.38. The third kappa shape index (κ3) is 7.79. The van der Waals surface area contributed by atoms with Gasteiger partial charge >= 0.3 is 0 Å². The van der Waals surface area contributed by atoms with Crippen molar-refractivity contribution in [2.75, 3.05) is 0 Å². The van der Waals surface area contributed by atoms with Gasteiger partial charge in [-0.1, -0.05) is 152 Å². The maximum absolute atomic E-state index is 12.3. The number of fused-ring (bicyclic) bond motifs is 1. The Morgan fingerprint density at radius 2 is 1.30 bits per heavy atom. The van der Waals surface area contributed by atoms with Crippen LogP contribution in [0.1, 0.15) is 112 Å². The van der Waals surface area contributed by atoms with Crippen LogP contribution in [-0.4, -0.2) is 19.6 Å². The zero-order chi connectivity index (χ0) is 56.3. The van der Waals surface area contributed by atoms with Crippen LogP contribution in [0, 0.1) is 13.8 Å². The summed E-state index contributed by atoms with van der Waals surface area (Å²) >= 11 is 0. The molecule has 0 aliphatic heterocycles. The molecule has 8 aromatic rings. The van der Waals surface area contributed by atoms with Gasteiger partial charge in [-0.3, -0.25) is 9.55 Å². The number of aromatic hydroxyl groups is 1. The molecule has 0 radical (unpaired) electrons. The molecule has 2 aromatic heterocycles. The maximum Gasteiger partial charge on any atom is 0.149 e. The maximum atomic E-state index is 12.3. The molecular weight excluding hydrogens is 731 g/mol. The summed E-state index contributed by atoms with van der Waals surface area (Å²) < 4.78 is 140. The Bertz CT molecular complexity index is 3570. The highest BCUT2D eigenvalue weighted by Crippen LogP contribution is 2.44. The molecule has 8 rings (SSSR count). The first-order valence-electron chi connectivity index (χ1n) is 27.8. The number of aryl methyl sites for hydroxylation is 2. The van der Waals surface area contributed by atoms with E-state index in [0.717, 1.165) is 39.1 Å². The number of aromatic nitrogens is 3. The molecule has 1 N–H and O–H groups in total. The molecule has 0 fully saturated rings. The van der Waals surface area contributed by atoms with E-state index >= 15 is 0 Å². The van der Waals surface area contributed by atoms with Crippen LogP contribution in [0.15, 0.2) is 139 Å². The van der Waals surface area contributed by atoms with E-state index in [1.54, 1.807) is 12.1 Å². The summed E-state index contributed by atoms with van der Waals surface area (Å²) in [7, 11) is 0. The predicted octanol–water partition coefficient (Wildman–Crippen LogP) is 15.0. The smallest absolute Gasteiger partial charge is 0.149 e. The average Bonchev–Trinajstić information content (AvgIpc) is 3.71. The summed E-state index contributed by atoms with van der Waals surface area (Å²) in [5.41, 5.74) is 1.45. The van der Waals surface area contributed by atoms with Gasteiger partial charge in [-0.15, -0.1) is 0 Å². The first kappa shape index (κ1) is 25.4. The predicted molar refractivity (Wildman–Crippen MR) is 253 cm³/mol. The second-order valence-electron chi connectivity index (χ2n) is 17.5. The molecule has 0 bridgehead atoms. The van der Waals surface area contributed by atoms with Gasteiger partial charge in [-0.2, -0.15) is 0 Å². The van der Waals surface area contributed by atoms with Crippen LogP contribution in [0.4, 0.5) is 0 Å². The van der Waals surface area contributed by atoms with Crippen LogP contribution in [0.25, 0.3) is 72.7 Å². The molecule has 0 spiro atoms. The zero-order valence-electron chi connectivity index (χ0n) is 51.0. The zero-order valence-corrected chi connectivity index (χ0v) is 35.0. The number of benzene rings is 6. The lowest BCUT2D eigenvalue weighted by atomic mass is 9.83. The standard InChI is InChI=1S/C56H57N3O/c1-35-20-25-49(45(28-35)38-16-13-12-14-17-38)59-50-19-15-18-44(51(50)58-53(59)46-29-36(2)30-47(52(46)60)56(9,10)11)40-31-41(33-43(32-40)55(6,7)8)48-34-39(26-27-57-48)37-21-23-42(24-22-37)54(3,4)5/h12-34,60H,1-11H3/i3D3,4D3,5D3,21D,22D,23D,24D,26D,27D,34D. The monoisotopic (exact) mass is 804 g/mol. The van der Waals surface area contributed by atoms with Crippen LogP contribution in [0.3, 0.4) is 0 Å². The van der Waals surface area contributed by atoms with E-state index in [1.807, 2.05) is 139 Å². The van der Waals surface area contributed by atoms with Crippen molar-refractivity contribution < 1.29 is 27.0 Å². The molecule has 0 saturated carbocycles. The summed E-state index contributed by atoms with van der Waals surface area (Å²) in [4.78, 5) is 9.83. The Morgan fingerprint density at radius 3 is 2.00 bits per heavy atom. The van der Waals surface area contributed by atoms with Crippen LogP contribution in [0.2, 0.25) is 0 Å². The van der Waals surface area contributed by atoms with Gasteiger partial charge in [0.15, 0.2) is 0 Å². The van der Waals surface area contributed by atoms with Crippen molar-refractivity contribution in [2.45, 2.75) is 92.2 Å². The highest BCUT2D eigenvalue weighted by atomic mass is 16.3. The highest BCUT2D eigenvalue weighted by molar-refractivity contribution is 5.98. The van der Waals surface area contributed by atoms with E-state index in [4.69, 9.17) is 25.5 Å². The normalized spacial score (nSPS) is 16.8. The molecule has 0 unspecified atom stereocenters. The summed E-state index contributed by atoms with van der Waals surface area (Å²) in [6, 6.07) is 25.0. The Hall–Kier alpha value is -6.26. The van der Waals surface area contributed by atoms with Crippen LogP contribution >= 0.6 is 0 Å². The summed E-state index contributed by atoms with van der Waals surface area (Å²) in [5, 5.41) is 12.3. The van der Waals surface area contributed by atoms with E-state index in [9.17, 15) is 6.48 Å². The van der Waals surface area contributed by atoms with Crippen molar-refractivity contribution in [1.29, 1.82) is 0 Å². The van der Waals surface area contributed by atoms with Crippen LogP contribution in [-0.2, 0) is 16.2 Å². The molecule has 2 heterocycles. The van der Waals surface area contributed by atoms with E-state index in [0.29, 0.717) is 33.5 Å². The third-order valence-corrected chi connectivity index (χ3v) is 10.7. The van der Waals surface area contributed by atoms with Crippen LogP contribution in [0.5, 0.6) is 5.75 Å². The van der Waals surface area contributed by atoms with Crippen molar-refractivity contribution in [3.8, 4) is 67.5 Å². The molecule has 0 aliphatic carbocycles. The lowest BCUT2D eigenvalue weighted by molar-refractivity contribution is 0.448. The van der Waals surface area contributed by atoms with Gasteiger partial charge in [0, 0.05) is 40.8 Å². The van der Waals surface area contributed by atoms with Gasteiger partial charge in [0.25, 0.3) is 0 Å². The number of phenolic OH excluding ortho intramolecular Hbond substituents is 1. The van der Waals surface area contributed by atoms with Crippen molar-refractivity contribution >= 4 is 11.0 Å². The number of rotatable bonds is 6. The van der Waals surface area contributed by atoms with E-state index in [2.05, 4.69) is 11.1 Å². The Labute approximate surface area is 379 Å². The topological polar surface area (TPSA) is 50.9 Å². The van der Waals surface area contributed by atoms with Crippen molar-refractivity contribution in [3.05, 3.63) is 167 Å². The van der Waals surface area contributed by atoms with E-state index < -0.39 is 95.9 Å². The summed E-state index contributed by atoms with van der Waals surface area (Å²) in [6.45, 7) is 4.28. The molecule has 0 atom stereocenters. The van der Waals surface area contributed by atoms with Gasteiger partial charge < -0.3 is 5.11 Å². The molecule has 0 saturated heterocycles. The van der Waals surface area contributed by atoms with E-state index in [-0.39, 0.29) is 17.0 Å². The van der Waals surface area contributed by atoms with Gasteiger partial charge in [0.05, 0.1) is 37.6 Å². The second-order valence-corrected chi connectivity index (χ2v) is 17.5. The van der Waals surface area contributed by atoms with Crippen molar-refractivity contribution in [2.24, 2.45) is 0 Å². The Balaban J connectivity index is 1.44. The quantitative estimate of drug-likeness (QED) is 0.182. The van der Waals surface area contributed by atoms with Gasteiger partial charge in [0.1, 0.15) is 11.6 Å². The number of phenols is 1. The van der Waals surface area contributed by atoms with Gasteiger partial charge in [-0.25, -0.2) is 4.98 Å². The molecule has 0 amide bonds.